The van der Waals surface area contributed by atoms with E-state index in [1.165, 1.54) is 24.4 Å². The van der Waals surface area contributed by atoms with E-state index in [0.29, 0.717) is 11.4 Å². The van der Waals surface area contributed by atoms with Crippen LogP contribution in [0.15, 0.2) is 49.0 Å². The van der Waals surface area contributed by atoms with Crippen molar-refractivity contribution in [2.24, 2.45) is 5.73 Å². The van der Waals surface area contributed by atoms with Gasteiger partial charge in [0.25, 0.3) is 0 Å². The third-order valence-electron chi connectivity index (χ3n) is 1.73. The van der Waals surface area contributed by atoms with E-state index in [9.17, 15) is 4.39 Å². The monoisotopic (exact) mass is 205 g/mol. The van der Waals surface area contributed by atoms with Crippen LogP contribution in [0.1, 0.15) is 5.56 Å². The molecule has 0 saturated carbocycles. The predicted molar refractivity (Wildman–Crippen MR) is 60.2 cm³/mol. The highest BCUT2D eigenvalue weighted by molar-refractivity contribution is 5.66. The number of halogens is 1. The van der Waals surface area contributed by atoms with Crippen molar-refractivity contribution >= 4 is 11.5 Å². The van der Waals surface area contributed by atoms with Crippen molar-refractivity contribution in [1.29, 1.82) is 0 Å². The Morgan fingerprint density at radius 3 is 2.73 bits per heavy atom. The molecule has 1 heterocycles. The minimum absolute atomic E-state index is 0.0283. The molecule has 1 aromatic rings. The lowest BCUT2D eigenvalue weighted by molar-refractivity contribution is 0.668. The Morgan fingerprint density at radius 2 is 2.20 bits per heavy atom. The van der Waals surface area contributed by atoms with Gasteiger partial charge in [0, 0.05) is 11.8 Å². The van der Waals surface area contributed by atoms with E-state index < -0.39 is 5.83 Å². The second-order valence-electron chi connectivity index (χ2n) is 2.83. The summed E-state index contributed by atoms with van der Waals surface area (Å²) in [6.07, 6.45) is 5.59. The molecule has 0 fully saturated rings. The van der Waals surface area contributed by atoms with Gasteiger partial charge >= 0.3 is 0 Å². The second-order valence-corrected chi connectivity index (χ2v) is 2.83. The van der Waals surface area contributed by atoms with Crippen molar-refractivity contribution in [1.82, 2.24) is 4.98 Å². The highest BCUT2D eigenvalue weighted by atomic mass is 19.1. The first-order chi connectivity index (χ1) is 7.15. The summed E-state index contributed by atoms with van der Waals surface area (Å²) in [5.74, 6) is -0.157. The number of hydrogen-bond donors (Lipinski definition) is 2. The van der Waals surface area contributed by atoms with Gasteiger partial charge in [0.05, 0.1) is 5.70 Å². The lowest BCUT2D eigenvalue weighted by Crippen LogP contribution is -2.00. The third-order valence-corrected chi connectivity index (χ3v) is 1.73. The maximum Gasteiger partial charge on any atom is 0.146 e. The molecule has 1 aromatic heterocycles. The largest absolute Gasteiger partial charge is 0.396 e. The summed E-state index contributed by atoms with van der Waals surface area (Å²) in [7, 11) is 0. The van der Waals surface area contributed by atoms with Crippen LogP contribution in [-0.2, 0) is 0 Å². The zero-order valence-corrected chi connectivity index (χ0v) is 8.15. The highest BCUT2D eigenvalue weighted by Gasteiger charge is 2.02. The zero-order valence-electron chi connectivity index (χ0n) is 8.15. The molecule has 15 heavy (non-hydrogen) atoms. The lowest BCUT2D eigenvalue weighted by Gasteiger charge is -2.01. The second kappa shape index (κ2) is 4.95. The highest BCUT2D eigenvalue weighted by Crippen LogP contribution is 2.15. The van der Waals surface area contributed by atoms with Crippen molar-refractivity contribution in [3.05, 3.63) is 54.5 Å². The molecular weight excluding hydrogens is 193 g/mol. The molecule has 0 aliphatic heterocycles. The number of aromatic nitrogens is 1. The van der Waals surface area contributed by atoms with Crippen LogP contribution in [0.3, 0.4) is 0 Å². The third kappa shape index (κ3) is 2.95. The van der Waals surface area contributed by atoms with Crippen LogP contribution >= 0.6 is 0 Å². The quantitative estimate of drug-likeness (QED) is 0.742. The van der Waals surface area contributed by atoms with Gasteiger partial charge in [-0.1, -0.05) is 18.7 Å². The first kappa shape index (κ1) is 11.0. The molecule has 0 bridgehead atoms. The Kier molecular flexibility index (Phi) is 3.62. The van der Waals surface area contributed by atoms with Gasteiger partial charge in [-0.25, -0.2) is 9.37 Å². The van der Waals surface area contributed by atoms with Crippen molar-refractivity contribution in [3.8, 4) is 0 Å². The number of rotatable bonds is 3. The fourth-order valence-electron chi connectivity index (χ4n) is 0.945. The van der Waals surface area contributed by atoms with Gasteiger partial charge in [0.2, 0.25) is 0 Å². The fourth-order valence-corrected chi connectivity index (χ4v) is 0.945. The molecule has 0 aromatic carbocycles. The first-order valence-corrected chi connectivity index (χ1v) is 4.31. The van der Waals surface area contributed by atoms with Crippen LogP contribution in [0.25, 0.3) is 5.70 Å². The Bertz CT molecular complexity index is 404. The van der Waals surface area contributed by atoms with E-state index in [1.54, 1.807) is 12.1 Å². The number of anilines is 1. The standard InChI is InChI=1S/C11H12FN3/c1-2-3-4-9(12)11(14)8-5-6-10(13)15-7-8/h2-7H,1,14H2,(H2,13,15)/b4-3-,11-9+. The van der Waals surface area contributed by atoms with E-state index in [0.717, 1.165) is 0 Å². The number of nitrogens with zero attached hydrogens (tertiary/aromatic N) is 1. The first-order valence-electron chi connectivity index (χ1n) is 4.31. The Hall–Kier alpha value is -2.10. The van der Waals surface area contributed by atoms with Crippen LogP contribution in [0.4, 0.5) is 10.2 Å². The summed E-state index contributed by atoms with van der Waals surface area (Å²) in [6.45, 7) is 3.43. The molecule has 0 aliphatic carbocycles. The van der Waals surface area contributed by atoms with Crippen molar-refractivity contribution in [2.45, 2.75) is 0 Å². The van der Waals surface area contributed by atoms with Gasteiger partial charge in [-0.2, -0.15) is 0 Å². The topological polar surface area (TPSA) is 64.9 Å². The predicted octanol–water partition coefficient (Wildman–Crippen LogP) is 2.00. The van der Waals surface area contributed by atoms with Gasteiger partial charge in [-0.05, 0) is 18.2 Å². The van der Waals surface area contributed by atoms with E-state index in [4.69, 9.17) is 11.5 Å². The van der Waals surface area contributed by atoms with Crippen LogP contribution in [0.2, 0.25) is 0 Å². The summed E-state index contributed by atoms with van der Waals surface area (Å²) >= 11 is 0. The van der Waals surface area contributed by atoms with E-state index >= 15 is 0 Å². The molecule has 0 unspecified atom stereocenters. The van der Waals surface area contributed by atoms with Gasteiger partial charge in [-0.3, -0.25) is 0 Å². The van der Waals surface area contributed by atoms with Gasteiger partial charge < -0.3 is 11.5 Å². The lowest BCUT2D eigenvalue weighted by atomic mass is 10.2. The normalized spacial score (nSPS) is 12.6. The molecule has 4 N–H and O–H groups in total. The molecule has 3 nitrogen and oxygen atoms in total. The smallest absolute Gasteiger partial charge is 0.146 e. The fraction of sp³-hybridized carbons (Fsp3) is 0. The molecule has 0 amide bonds. The summed E-state index contributed by atoms with van der Waals surface area (Å²) in [5.41, 5.74) is 11.5. The van der Waals surface area contributed by atoms with Crippen LogP contribution in [0.5, 0.6) is 0 Å². The maximum absolute atomic E-state index is 13.3. The molecule has 0 spiro atoms. The SMILES string of the molecule is C=C/C=C\C(F)=C(/N)c1ccc(N)nc1. The minimum Gasteiger partial charge on any atom is -0.396 e. The maximum atomic E-state index is 13.3. The molecule has 0 saturated heterocycles. The van der Waals surface area contributed by atoms with Crippen LogP contribution in [-0.4, -0.2) is 4.98 Å². The number of hydrogen-bond acceptors (Lipinski definition) is 3. The number of nitrogens with two attached hydrogens (primary N) is 2. The average Bonchev–Trinajstić information content (AvgIpc) is 2.26. The van der Waals surface area contributed by atoms with Gasteiger partial charge in [-0.15, -0.1) is 0 Å². The van der Waals surface area contributed by atoms with Crippen LogP contribution < -0.4 is 11.5 Å². The Labute approximate surface area is 87.6 Å². The molecular formula is C11H12FN3. The van der Waals surface area contributed by atoms with E-state index in [2.05, 4.69) is 11.6 Å². The summed E-state index contributed by atoms with van der Waals surface area (Å²) in [6, 6.07) is 3.17. The zero-order chi connectivity index (χ0) is 11.3. The molecule has 0 aliphatic rings. The molecule has 0 atom stereocenters. The Morgan fingerprint density at radius 1 is 1.47 bits per heavy atom. The minimum atomic E-state index is -0.526. The molecule has 0 radical (unpaired) electrons. The summed E-state index contributed by atoms with van der Waals surface area (Å²) in [5, 5.41) is 0. The van der Waals surface area contributed by atoms with Gasteiger partial charge in [0.1, 0.15) is 11.6 Å². The molecule has 1 rings (SSSR count). The summed E-state index contributed by atoms with van der Waals surface area (Å²) < 4.78 is 13.3. The molecule has 78 valence electrons. The van der Waals surface area contributed by atoms with Crippen molar-refractivity contribution in [3.63, 3.8) is 0 Å². The Balaban J connectivity index is 3.01. The average molecular weight is 205 g/mol. The number of allylic oxidation sites excluding steroid dienone is 4. The van der Waals surface area contributed by atoms with Gasteiger partial charge in [0.15, 0.2) is 0 Å². The summed E-state index contributed by atoms with van der Waals surface area (Å²) in [4.78, 5) is 3.82. The number of pyridine rings is 1. The van der Waals surface area contributed by atoms with Crippen molar-refractivity contribution in [2.75, 3.05) is 5.73 Å². The number of nitrogen functional groups attached to an aromatic ring is 1. The van der Waals surface area contributed by atoms with Crippen molar-refractivity contribution < 1.29 is 4.39 Å². The van der Waals surface area contributed by atoms with E-state index in [1.807, 2.05) is 0 Å². The van der Waals surface area contributed by atoms with E-state index in [-0.39, 0.29) is 5.70 Å². The van der Waals surface area contributed by atoms with Crippen LogP contribution in [0, 0.1) is 0 Å². The molecule has 4 heteroatoms.